The predicted octanol–water partition coefficient (Wildman–Crippen LogP) is 1.66. The molecule has 1 aliphatic rings. The van der Waals surface area contributed by atoms with Gasteiger partial charge in [-0.25, -0.2) is 0 Å². The van der Waals surface area contributed by atoms with E-state index in [2.05, 4.69) is 15.6 Å². The third-order valence-corrected chi connectivity index (χ3v) is 3.48. The number of amides is 1. The SMILES string of the molecule is CCNC(=NCCC(F)(F)F)N1CCN(CC(=O)NC(C)C)CC1.I. The van der Waals surface area contributed by atoms with Gasteiger partial charge in [0.25, 0.3) is 0 Å². The second-order valence-corrected chi connectivity index (χ2v) is 6.09. The molecule has 1 amide bonds. The molecule has 0 atom stereocenters. The van der Waals surface area contributed by atoms with Crippen LogP contribution >= 0.6 is 24.0 Å². The van der Waals surface area contributed by atoms with Gasteiger partial charge in [-0.1, -0.05) is 0 Å². The number of guanidine groups is 1. The van der Waals surface area contributed by atoms with Gasteiger partial charge >= 0.3 is 6.18 Å². The van der Waals surface area contributed by atoms with Gasteiger partial charge in [0.2, 0.25) is 5.91 Å². The molecule has 1 heterocycles. The highest BCUT2D eigenvalue weighted by Gasteiger charge is 2.27. The fourth-order valence-corrected chi connectivity index (χ4v) is 2.40. The van der Waals surface area contributed by atoms with Gasteiger partial charge in [-0.05, 0) is 20.8 Å². The number of hydrogen-bond donors (Lipinski definition) is 2. The average molecular weight is 479 g/mol. The Kier molecular flexibility index (Phi) is 11.4. The molecular formula is C15H29F3IN5O. The molecule has 0 spiro atoms. The molecule has 1 rings (SSSR count). The Morgan fingerprint density at radius 2 is 1.80 bits per heavy atom. The number of nitrogens with one attached hydrogen (secondary N) is 2. The highest BCUT2D eigenvalue weighted by atomic mass is 127. The number of alkyl halides is 3. The van der Waals surface area contributed by atoms with Crippen LogP contribution in [0.25, 0.3) is 0 Å². The summed E-state index contributed by atoms with van der Waals surface area (Å²) in [5.41, 5.74) is 0. The van der Waals surface area contributed by atoms with Crippen molar-refractivity contribution in [2.45, 2.75) is 39.4 Å². The van der Waals surface area contributed by atoms with Gasteiger partial charge in [0, 0.05) is 38.8 Å². The largest absolute Gasteiger partial charge is 0.390 e. The Hall–Kier alpha value is -0.780. The fourth-order valence-electron chi connectivity index (χ4n) is 2.40. The molecule has 25 heavy (non-hydrogen) atoms. The molecule has 148 valence electrons. The molecule has 0 radical (unpaired) electrons. The summed E-state index contributed by atoms with van der Waals surface area (Å²) >= 11 is 0. The van der Waals surface area contributed by atoms with Crippen molar-refractivity contribution in [3.8, 4) is 0 Å². The highest BCUT2D eigenvalue weighted by molar-refractivity contribution is 14.0. The van der Waals surface area contributed by atoms with Crippen LogP contribution in [0.2, 0.25) is 0 Å². The maximum Gasteiger partial charge on any atom is 0.390 e. The van der Waals surface area contributed by atoms with Crippen LogP contribution in [0.5, 0.6) is 0 Å². The van der Waals surface area contributed by atoms with E-state index < -0.39 is 12.6 Å². The van der Waals surface area contributed by atoms with Crippen LogP contribution in [-0.4, -0.2) is 79.7 Å². The van der Waals surface area contributed by atoms with Crippen molar-refractivity contribution < 1.29 is 18.0 Å². The minimum Gasteiger partial charge on any atom is -0.357 e. The molecule has 10 heteroatoms. The monoisotopic (exact) mass is 479 g/mol. The summed E-state index contributed by atoms with van der Waals surface area (Å²) in [6, 6.07) is 0.111. The number of rotatable bonds is 6. The molecular weight excluding hydrogens is 450 g/mol. The van der Waals surface area contributed by atoms with Crippen molar-refractivity contribution in [3.05, 3.63) is 0 Å². The molecule has 0 aliphatic carbocycles. The molecule has 0 saturated carbocycles. The van der Waals surface area contributed by atoms with Crippen LogP contribution in [0, 0.1) is 0 Å². The fraction of sp³-hybridized carbons (Fsp3) is 0.867. The lowest BCUT2D eigenvalue weighted by Crippen LogP contribution is -2.54. The lowest BCUT2D eigenvalue weighted by Gasteiger charge is -2.36. The third kappa shape index (κ3) is 10.7. The molecule has 6 nitrogen and oxygen atoms in total. The quantitative estimate of drug-likeness (QED) is 0.346. The van der Waals surface area contributed by atoms with Crippen molar-refractivity contribution in [2.75, 3.05) is 45.8 Å². The van der Waals surface area contributed by atoms with Gasteiger partial charge in [0.1, 0.15) is 0 Å². The van der Waals surface area contributed by atoms with Gasteiger partial charge < -0.3 is 15.5 Å². The molecule has 2 N–H and O–H groups in total. The van der Waals surface area contributed by atoms with Crippen LogP contribution in [0.15, 0.2) is 4.99 Å². The molecule has 0 aromatic rings. The van der Waals surface area contributed by atoms with E-state index in [0.29, 0.717) is 45.2 Å². The number of piperazine rings is 1. The zero-order chi connectivity index (χ0) is 18.2. The van der Waals surface area contributed by atoms with E-state index >= 15 is 0 Å². The van der Waals surface area contributed by atoms with Crippen molar-refractivity contribution in [3.63, 3.8) is 0 Å². The second-order valence-electron chi connectivity index (χ2n) is 6.09. The normalized spacial score (nSPS) is 16.6. The molecule has 0 aromatic heterocycles. The smallest absolute Gasteiger partial charge is 0.357 e. The maximum atomic E-state index is 12.2. The highest BCUT2D eigenvalue weighted by Crippen LogP contribution is 2.19. The molecule has 1 aliphatic heterocycles. The second kappa shape index (κ2) is 11.8. The predicted molar refractivity (Wildman–Crippen MR) is 103 cm³/mol. The summed E-state index contributed by atoms with van der Waals surface area (Å²) in [6.45, 7) is 8.99. The Morgan fingerprint density at radius 1 is 1.20 bits per heavy atom. The Labute approximate surface area is 164 Å². The van der Waals surface area contributed by atoms with Gasteiger partial charge in [-0.2, -0.15) is 13.2 Å². The van der Waals surface area contributed by atoms with Crippen molar-refractivity contribution >= 4 is 35.8 Å². The first kappa shape index (κ1) is 24.2. The van der Waals surface area contributed by atoms with Crippen molar-refractivity contribution in [2.24, 2.45) is 4.99 Å². The molecule has 0 unspecified atom stereocenters. The van der Waals surface area contributed by atoms with Gasteiger partial charge in [0.05, 0.1) is 19.5 Å². The molecule has 0 bridgehead atoms. The van der Waals surface area contributed by atoms with Gasteiger partial charge in [-0.3, -0.25) is 14.7 Å². The minimum absolute atomic E-state index is 0. The average Bonchev–Trinajstić information content (AvgIpc) is 2.45. The van der Waals surface area contributed by atoms with E-state index in [0.717, 1.165) is 0 Å². The lowest BCUT2D eigenvalue weighted by molar-refractivity contribution is -0.132. The van der Waals surface area contributed by atoms with Crippen LogP contribution in [0.3, 0.4) is 0 Å². The van der Waals surface area contributed by atoms with E-state index in [1.807, 2.05) is 30.6 Å². The number of carbonyl (C=O) groups is 1. The molecule has 1 fully saturated rings. The summed E-state index contributed by atoms with van der Waals surface area (Å²) in [5.74, 6) is 0.497. The topological polar surface area (TPSA) is 60.0 Å². The van der Waals surface area contributed by atoms with E-state index in [1.54, 1.807) is 0 Å². The summed E-state index contributed by atoms with van der Waals surface area (Å²) in [6.07, 6.45) is -5.11. The van der Waals surface area contributed by atoms with Crippen LogP contribution < -0.4 is 10.6 Å². The van der Waals surface area contributed by atoms with Crippen LogP contribution in [-0.2, 0) is 4.79 Å². The van der Waals surface area contributed by atoms with Crippen molar-refractivity contribution in [1.82, 2.24) is 20.4 Å². The standard InChI is InChI=1S/C15H28F3N5O.HI/c1-4-19-14(20-6-5-15(16,17)18)23-9-7-22(8-10-23)11-13(24)21-12(2)3;/h12H,4-11H2,1-3H3,(H,19,20)(H,21,24);1H. The van der Waals surface area contributed by atoms with E-state index in [9.17, 15) is 18.0 Å². The zero-order valence-corrected chi connectivity index (χ0v) is 17.4. The van der Waals surface area contributed by atoms with Crippen molar-refractivity contribution in [1.29, 1.82) is 0 Å². The summed E-state index contributed by atoms with van der Waals surface area (Å²) < 4.78 is 36.7. The Morgan fingerprint density at radius 3 is 2.28 bits per heavy atom. The molecule has 0 aromatic carbocycles. The molecule has 1 saturated heterocycles. The number of carbonyl (C=O) groups excluding carboxylic acids is 1. The number of nitrogens with zero attached hydrogens (tertiary/aromatic N) is 3. The number of halogens is 4. The maximum absolute atomic E-state index is 12.2. The first-order chi connectivity index (χ1) is 11.2. The summed E-state index contributed by atoms with van der Waals surface area (Å²) in [4.78, 5) is 19.8. The van der Waals surface area contributed by atoms with Crippen LogP contribution in [0.4, 0.5) is 13.2 Å². The van der Waals surface area contributed by atoms with Gasteiger partial charge in [-0.15, -0.1) is 24.0 Å². The number of hydrogen-bond acceptors (Lipinski definition) is 3. The van der Waals surface area contributed by atoms with E-state index in [1.165, 1.54) is 0 Å². The minimum atomic E-state index is -4.19. The summed E-state index contributed by atoms with van der Waals surface area (Å²) in [5, 5.41) is 5.88. The van der Waals surface area contributed by atoms with E-state index in [-0.39, 0.29) is 42.5 Å². The number of aliphatic imine (C=N–C) groups is 1. The first-order valence-electron chi connectivity index (χ1n) is 8.33. The third-order valence-electron chi connectivity index (χ3n) is 3.48. The Balaban J connectivity index is 0.00000576. The first-order valence-corrected chi connectivity index (χ1v) is 8.33. The lowest BCUT2D eigenvalue weighted by atomic mass is 10.3. The van der Waals surface area contributed by atoms with Gasteiger partial charge in [0.15, 0.2) is 5.96 Å². The van der Waals surface area contributed by atoms with E-state index in [4.69, 9.17) is 0 Å². The summed E-state index contributed by atoms with van der Waals surface area (Å²) in [7, 11) is 0. The van der Waals surface area contributed by atoms with Crippen LogP contribution in [0.1, 0.15) is 27.2 Å². The Bertz CT molecular complexity index is 424. The zero-order valence-electron chi connectivity index (χ0n) is 15.0.